The zero-order valence-corrected chi connectivity index (χ0v) is 10.9. The number of hydrogen-bond acceptors (Lipinski definition) is 3. The molecule has 0 radical (unpaired) electrons. The molecule has 0 atom stereocenters. The fraction of sp³-hybridized carbons (Fsp3) is 0.182. The predicted molar refractivity (Wildman–Crippen MR) is 69.5 cm³/mol. The van der Waals surface area contributed by atoms with Crippen LogP contribution in [0.1, 0.15) is 11.3 Å². The van der Waals surface area contributed by atoms with Gasteiger partial charge in [0.2, 0.25) is 0 Å². The van der Waals surface area contributed by atoms with Crippen molar-refractivity contribution in [1.29, 1.82) is 0 Å². The molecule has 0 N–H and O–H groups in total. The molecule has 2 aromatic rings. The highest BCUT2D eigenvalue weighted by Crippen LogP contribution is 2.24. The molecule has 0 spiro atoms. The van der Waals surface area contributed by atoms with Gasteiger partial charge in [-0.3, -0.25) is 10.1 Å². The molecule has 0 aliphatic carbocycles. The van der Waals surface area contributed by atoms with Crippen LogP contribution in [-0.4, -0.2) is 14.7 Å². The van der Waals surface area contributed by atoms with Crippen LogP contribution in [0.3, 0.4) is 0 Å². The van der Waals surface area contributed by atoms with Gasteiger partial charge in [0.15, 0.2) is 0 Å². The molecule has 18 heavy (non-hydrogen) atoms. The molecule has 1 aromatic carbocycles. The number of aryl methyl sites for hydroxylation is 1. The second-order valence-corrected chi connectivity index (χ2v) is 4.39. The van der Waals surface area contributed by atoms with Crippen LogP contribution in [0.25, 0.3) is 5.69 Å². The number of benzene rings is 1. The largest absolute Gasteiger partial charge is 0.273 e. The fourth-order valence-corrected chi connectivity index (χ4v) is 1.92. The minimum atomic E-state index is -0.456. The maximum absolute atomic E-state index is 10.8. The average Bonchev–Trinajstić information content (AvgIpc) is 2.68. The average molecular weight is 286 g/mol. The Kier molecular flexibility index (Phi) is 3.54. The summed E-state index contributed by atoms with van der Waals surface area (Å²) in [4.78, 5) is 10.3. The standard InChI is InChI=1S/C11H9Cl2N3O2/c1-7-10(13)6-15(14-7)9-2-3-11(16(17)18)8(4-9)5-12/h2-4,6H,5H2,1H3. The minimum absolute atomic E-state index is 0.00345. The van der Waals surface area contributed by atoms with Crippen molar-refractivity contribution in [3.05, 3.63) is 50.8 Å². The van der Waals surface area contributed by atoms with Gasteiger partial charge in [-0.1, -0.05) is 11.6 Å². The van der Waals surface area contributed by atoms with Gasteiger partial charge in [0, 0.05) is 17.8 Å². The van der Waals surface area contributed by atoms with E-state index in [0.29, 0.717) is 22.0 Å². The van der Waals surface area contributed by atoms with Gasteiger partial charge < -0.3 is 0 Å². The first-order valence-corrected chi connectivity index (χ1v) is 5.99. The molecule has 7 heteroatoms. The van der Waals surface area contributed by atoms with Crippen molar-refractivity contribution in [1.82, 2.24) is 9.78 Å². The number of aromatic nitrogens is 2. The summed E-state index contributed by atoms with van der Waals surface area (Å²) in [7, 11) is 0. The van der Waals surface area contributed by atoms with E-state index in [2.05, 4.69) is 5.10 Å². The number of nitro groups is 1. The van der Waals surface area contributed by atoms with Crippen molar-refractivity contribution in [2.45, 2.75) is 12.8 Å². The van der Waals surface area contributed by atoms with E-state index < -0.39 is 4.92 Å². The number of alkyl halides is 1. The first kappa shape index (κ1) is 12.9. The molecule has 5 nitrogen and oxygen atoms in total. The van der Waals surface area contributed by atoms with E-state index in [9.17, 15) is 10.1 Å². The van der Waals surface area contributed by atoms with Crippen LogP contribution in [0.4, 0.5) is 5.69 Å². The number of halogens is 2. The normalized spacial score (nSPS) is 10.6. The van der Waals surface area contributed by atoms with Crippen molar-refractivity contribution in [2.24, 2.45) is 0 Å². The molecule has 94 valence electrons. The highest BCUT2D eigenvalue weighted by molar-refractivity contribution is 6.31. The summed E-state index contributed by atoms with van der Waals surface area (Å²) in [6.07, 6.45) is 1.65. The van der Waals surface area contributed by atoms with E-state index in [1.807, 2.05) is 0 Å². The summed E-state index contributed by atoms with van der Waals surface area (Å²) in [6.45, 7) is 1.78. The van der Waals surface area contributed by atoms with E-state index in [1.54, 1.807) is 29.9 Å². The zero-order chi connectivity index (χ0) is 13.3. The Hall–Kier alpha value is -1.59. The number of nitro benzene ring substituents is 1. The van der Waals surface area contributed by atoms with E-state index in [1.165, 1.54) is 6.07 Å². The molecule has 0 bridgehead atoms. The van der Waals surface area contributed by atoms with Gasteiger partial charge in [-0.25, -0.2) is 4.68 Å². The third-order valence-corrected chi connectivity index (χ3v) is 3.17. The van der Waals surface area contributed by atoms with Crippen LogP contribution in [0.15, 0.2) is 24.4 Å². The molecule has 0 aliphatic heterocycles. The Morgan fingerprint density at radius 3 is 2.72 bits per heavy atom. The highest BCUT2D eigenvalue weighted by Gasteiger charge is 2.14. The lowest BCUT2D eigenvalue weighted by molar-refractivity contribution is -0.385. The van der Waals surface area contributed by atoms with Gasteiger partial charge in [0.05, 0.1) is 27.2 Å². The molecule has 1 aromatic heterocycles. The molecule has 0 unspecified atom stereocenters. The Bertz CT molecular complexity index is 591. The van der Waals surface area contributed by atoms with Crippen molar-refractivity contribution < 1.29 is 4.92 Å². The lowest BCUT2D eigenvalue weighted by Crippen LogP contribution is -1.99. The van der Waals surface area contributed by atoms with Crippen LogP contribution in [0, 0.1) is 17.0 Å². The summed E-state index contributed by atoms with van der Waals surface area (Å²) >= 11 is 11.6. The summed E-state index contributed by atoms with van der Waals surface area (Å²) in [5.41, 5.74) is 1.83. The maximum atomic E-state index is 10.8. The lowest BCUT2D eigenvalue weighted by atomic mass is 10.2. The van der Waals surface area contributed by atoms with E-state index in [0.717, 1.165) is 0 Å². The van der Waals surface area contributed by atoms with Crippen LogP contribution in [0.2, 0.25) is 5.02 Å². The van der Waals surface area contributed by atoms with Crippen LogP contribution in [-0.2, 0) is 5.88 Å². The van der Waals surface area contributed by atoms with E-state index in [-0.39, 0.29) is 11.6 Å². The third-order valence-electron chi connectivity index (χ3n) is 2.51. The minimum Gasteiger partial charge on any atom is -0.258 e. The van der Waals surface area contributed by atoms with Gasteiger partial charge in [0.1, 0.15) is 0 Å². The number of hydrogen-bond donors (Lipinski definition) is 0. The van der Waals surface area contributed by atoms with Crippen LogP contribution in [0.5, 0.6) is 0 Å². The van der Waals surface area contributed by atoms with E-state index >= 15 is 0 Å². The van der Waals surface area contributed by atoms with Gasteiger partial charge >= 0.3 is 0 Å². The first-order valence-electron chi connectivity index (χ1n) is 5.08. The van der Waals surface area contributed by atoms with Crippen LogP contribution >= 0.6 is 23.2 Å². The second-order valence-electron chi connectivity index (χ2n) is 3.71. The first-order chi connectivity index (χ1) is 8.52. The molecule has 1 heterocycles. The van der Waals surface area contributed by atoms with Crippen molar-refractivity contribution in [3.63, 3.8) is 0 Å². The summed E-state index contributed by atoms with van der Waals surface area (Å²) < 4.78 is 1.57. The molecule has 0 aliphatic rings. The SMILES string of the molecule is Cc1nn(-c2ccc([N+](=O)[O-])c(CCl)c2)cc1Cl. The summed E-state index contributed by atoms with van der Waals surface area (Å²) in [6, 6.07) is 4.66. The van der Waals surface area contributed by atoms with Gasteiger partial charge in [-0.2, -0.15) is 5.10 Å². The van der Waals surface area contributed by atoms with Gasteiger partial charge in [-0.05, 0) is 19.1 Å². The Morgan fingerprint density at radius 1 is 1.50 bits per heavy atom. The smallest absolute Gasteiger partial charge is 0.258 e. The van der Waals surface area contributed by atoms with E-state index in [4.69, 9.17) is 23.2 Å². The molecular weight excluding hydrogens is 277 g/mol. The lowest BCUT2D eigenvalue weighted by Gasteiger charge is -2.04. The van der Waals surface area contributed by atoms with Crippen molar-refractivity contribution >= 4 is 28.9 Å². The Labute approximate surface area is 113 Å². The van der Waals surface area contributed by atoms with Gasteiger partial charge in [0.25, 0.3) is 5.69 Å². The predicted octanol–water partition coefficient (Wildman–Crippen LogP) is 3.48. The summed E-state index contributed by atoms with van der Waals surface area (Å²) in [5.74, 6) is 0.0676. The Morgan fingerprint density at radius 2 is 2.22 bits per heavy atom. The molecular formula is C11H9Cl2N3O2. The fourth-order valence-electron chi connectivity index (χ4n) is 1.57. The second kappa shape index (κ2) is 4.96. The summed E-state index contributed by atoms with van der Waals surface area (Å²) in [5, 5.41) is 15.5. The molecule has 2 rings (SSSR count). The molecule has 0 saturated heterocycles. The Balaban J connectivity index is 2.50. The monoisotopic (exact) mass is 285 g/mol. The molecule has 0 amide bonds. The number of nitrogens with zero attached hydrogens (tertiary/aromatic N) is 3. The molecule has 0 saturated carbocycles. The third kappa shape index (κ3) is 2.32. The van der Waals surface area contributed by atoms with Crippen LogP contribution < -0.4 is 0 Å². The zero-order valence-electron chi connectivity index (χ0n) is 9.43. The van der Waals surface area contributed by atoms with Gasteiger partial charge in [-0.15, -0.1) is 11.6 Å². The molecule has 0 fully saturated rings. The van der Waals surface area contributed by atoms with Crippen molar-refractivity contribution in [3.8, 4) is 5.69 Å². The maximum Gasteiger partial charge on any atom is 0.273 e. The van der Waals surface area contributed by atoms with Crippen molar-refractivity contribution in [2.75, 3.05) is 0 Å². The number of rotatable bonds is 3. The quantitative estimate of drug-likeness (QED) is 0.493. The topological polar surface area (TPSA) is 61.0 Å². The highest BCUT2D eigenvalue weighted by atomic mass is 35.5.